The van der Waals surface area contributed by atoms with Crippen molar-refractivity contribution < 1.29 is 13.9 Å². The van der Waals surface area contributed by atoms with Crippen LogP contribution in [-0.2, 0) is 9.53 Å². The molecule has 14 heavy (non-hydrogen) atoms. The Kier molecular flexibility index (Phi) is 4.35. The van der Waals surface area contributed by atoms with E-state index < -0.39 is 11.5 Å². The number of carbonyl (C=O) groups is 1. The predicted molar refractivity (Wildman–Crippen MR) is 51.9 cm³/mol. The summed E-state index contributed by atoms with van der Waals surface area (Å²) in [4.78, 5) is 12.7. The third kappa shape index (κ3) is 2.69. The summed E-state index contributed by atoms with van der Waals surface area (Å²) in [6.45, 7) is 0.863. The number of methoxy groups -OCH3 is 1. The van der Waals surface area contributed by atoms with Crippen molar-refractivity contribution in [2.45, 2.75) is 18.1 Å². The highest BCUT2D eigenvalue weighted by molar-refractivity contribution is 6.29. The van der Waals surface area contributed by atoms with Crippen LogP contribution in [0.3, 0.4) is 0 Å². The summed E-state index contributed by atoms with van der Waals surface area (Å²) in [7, 11) is 1.54. The smallest absolute Gasteiger partial charge is 0.273 e. The number of hydrogen-bond acceptors (Lipinski definition) is 2. The fourth-order valence-electron chi connectivity index (χ4n) is 1.45. The highest BCUT2D eigenvalue weighted by Gasteiger charge is 2.28. The molecule has 1 aliphatic rings. The lowest BCUT2D eigenvalue weighted by Crippen LogP contribution is -2.46. The standard InChI is InChI=1S/C9H13ClFNO2/c1-14-6-7-4-2-3-5-12(7)9(13)8(10)11/h2,4,7-8H,3,5-6H2,1H3. The minimum absolute atomic E-state index is 0.196. The lowest BCUT2D eigenvalue weighted by atomic mass is 10.1. The Morgan fingerprint density at radius 2 is 2.57 bits per heavy atom. The number of halogens is 2. The van der Waals surface area contributed by atoms with Crippen molar-refractivity contribution in [3.05, 3.63) is 12.2 Å². The lowest BCUT2D eigenvalue weighted by molar-refractivity contribution is -0.136. The summed E-state index contributed by atoms with van der Waals surface area (Å²) in [5, 5.41) is 0. The first-order valence-electron chi connectivity index (χ1n) is 4.41. The predicted octanol–water partition coefficient (Wildman–Crippen LogP) is 1.32. The lowest BCUT2D eigenvalue weighted by Gasteiger charge is -2.31. The van der Waals surface area contributed by atoms with Crippen molar-refractivity contribution in [2.75, 3.05) is 20.3 Å². The fraction of sp³-hybridized carbons (Fsp3) is 0.667. The molecule has 80 valence electrons. The molecule has 0 spiro atoms. The zero-order chi connectivity index (χ0) is 10.6. The number of ether oxygens (including phenoxy) is 1. The van der Waals surface area contributed by atoms with Crippen LogP contribution in [0, 0.1) is 0 Å². The van der Waals surface area contributed by atoms with E-state index in [0.717, 1.165) is 6.42 Å². The maximum Gasteiger partial charge on any atom is 0.273 e. The van der Waals surface area contributed by atoms with Gasteiger partial charge in [-0.15, -0.1) is 0 Å². The normalized spacial score (nSPS) is 23.6. The van der Waals surface area contributed by atoms with E-state index in [1.54, 1.807) is 7.11 Å². The molecule has 1 rings (SSSR count). The Morgan fingerprint density at radius 1 is 1.86 bits per heavy atom. The molecule has 2 unspecified atom stereocenters. The van der Waals surface area contributed by atoms with Crippen molar-refractivity contribution in [3.8, 4) is 0 Å². The number of nitrogens with zero attached hydrogens (tertiary/aromatic N) is 1. The van der Waals surface area contributed by atoms with Crippen molar-refractivity contribution in [2.24, 2.45) is 0 Å². The molecule has 5 heteroatoms. The summed E-state index contributed by atoms with van der Waals surface area (Å²) < 4.78 is 17.5. The molecule has 0 saturated heterocycles. The van der Waals surface area contributed by atoms with Gasteiger partial charge in [-0.25, -0.2) is 4.39 Å². The second kappa shape index (κ2) is 5.32. The van der Waals surface area contributed by atoms with Gasteiger partial charge in [0, 0.05) is 13.7 Å². The van der Waals surface area contributed by atoms with Gasteiger partial charge in [0.05, 0.1) is 12.6 Å². The third-order valence-electron chi connectivity index (χ3n) is 2.10. The highest BCUT2D eigenvalue weighted by atomic mass is 35.5. The van der Waals surface area contributed by atoms with Crippen LogP contribution < -0.4 is 0 Å². The molecular formula is C9H13ClFNO2. The minimum atomic E-state index is -1.96. The van der Waals surface area contributed by atoms with Gasteiger partial charge in [-0.1, -0.05) is 23.8 Å². The van der Waals surface area contributed by atoms with Gasteiger partial charge in [0.15, 0.2) is 0 Å². The summed E-state index contributed by atoms with van der Waals surface area (Å²) in [6.07, 6.45) is 4.52. The van der Waals surface area contributed by atoms with Crippen LogP contribution in [0.1, 0.15) is 6.42 Å². The van der Waals surface area contributed by atoms with Crippen LogP contribution in [0.2, 0.25) is 0 Å². The number of rotatable bonds is 3. The average molecular weight is 222 g/mol. The molecule has 1 aliphatic heterocycles. The van der Waals surface area contributed by atoms with Crippen LogP contribution >= 0.6 is 11.6 Å². The number of carbonyl (C=O) groups excluding carboxylic acids is 1. The van der Waals surface area contributed by atoms with Gasteiger partial charge in [0.2, 0.25) is 0 Å². The molecule has 0 fully saturated rings. The molecule has 0 N–H and O–H groups in total. The molecule has 3 nitrogen and oxygen atoms in total. The van der Waals surface area contributed by atoms with E-state index in [2.05, 4.69) is 0 Å². The fourth-order valence-corrected chi connectivity index (χ4v) is 1.58. The third-order valence-corrected chi connectivity index (χ3v) is 2.29. The van der Waals surface area contributed by atoms with E-state index in [4.69, 9.17) is 16.3 Å². The van der Waals surface area contributed by atoms with Crippen molar-refractivity contribution in [1.29, 1.82) is 0 Å². The van der Waals surface area contributed by atoms with E-state index >= 15 is 0 Å². The largest absolute Gasteiger partial charge is 0.382 e. The van der Waals surface area contributed by atoms with Gasteiger partial charge in [-0.2, -0.15) is 0 Å². The van der Waals surface area contributed by atoms with E-state index in [1.165, 1.54) is 4.90 Å². The van der Waals surface area contributed by atoms with E-state index in [9.17, 15) is 9.18 Å². The van der Waals surface area contributed by atoms with Crippen LogP contribution in [0.25, 0.3) is 0 Å². The molecule has 0 aromatic rings. The average Bonchev–Trinajstić information content (AvgIpc) is 2.18. The maximum atomic E-state index is 12.6. The second-order valence-electron chi connectivity index (χ2n) is 3.07. The Hall–Kier alpha value is -0.610. The van der Waals surface area contributed by atoms with E-state index in [-0.39, 0.29) is 6.04 Å². The molecule has 0 bridgehead atoms. The molecule has 0 aromatic carbocycles. The Bertz CT molecular complexity index is 233. The van der Waals surface area contributed by atoms with Gasteiger partial charge >= 0.3 is 0 Å². The first-order chi connectivity index (χ1) is 6.66. The van der Waals surface area contributed by atoms with E-state index in [0.29, 0.717) is 13.2 Å². The quantitative estimate of drug-likeness (QED) is 0.532. The van der Waals surface area contributed by atoms with Crippen molar-refractivity contribution >= 4 is 17.5 Å². The molecule has 0 aliphatic carbocycles. The first kappa shape index (κ1) is 11.5. The Labute approximate surface area is 87.5 Å². The van der Waals surface area contributed by atoms with Crippen LogP contribution in [-0.4, -0.2) is 42.7 Å². The molecule has 0 radical (unpaired) electrons. The summed E-state index contributed by atoms with van der Waals surface area (Å²) in [6, 6.07) is -0.196. The van der Waals surface area contributed by atoms with Gasteiger partial charge in [-0.05, 0) is 6.42 Å². The van der Waals surface area contributed by atoms with Crippen LogP contribution in [0.4, 0.5) is 4.39 Å². The SMILES string of the molecule is COCC1C=CCCN1C(=O)C(F)Cl. The Morgan fingerprint density at radius 3 is 3.14 bits per heavy atom. The molecular weight excluding hydrogens is 209 g/mol. The van der Waals surface area contributed by atoms with Crippen LogP contribution in [0.15, 0.2) is 12.2 Å². The molecule has 2 atom stereocenters. The van der Waals surface area contributed by atoms with Gasteiger partial charge in [-0.3, -0.25) is 4.79 Å². The summed E-state index contributed by atoms with van der Waals surface area (Å²) in [5.74, 6) is -0.682. The number of alkyl halides is 2. The highest BCUT2D eigenvalue weighted by Crippen LogP contribution is 2.14. The summed E-state index contributed by atoms with van der Waals surface area (Å²) >= 11 is 5.10. The molecule has 0 aromatic heterocycles. The Balaban J connectivity index is 2.65. The summed E-state index contributed by atoms with van der Waals surface area (Å²) in [5.41, 5.74) is -1.96. The topological polar surface area (TPSA) is 29.5 Å². The minimum Gasteiger partial charge on any atom is -0.382 e. The zero-order valence-corrected chi connectivity index (χ0v) is 8.71. The van der Waals surface area contributed by atoms with Gasteiger partial charge in [0.25, 0.3) is 11.5 Å². The number of amides is 1. The molecule has 1 heterocycles. The monoisotopic (exact) mass is 221 g/mol. The molecule has 0 saturated carbocycles. The van der Waals surface area contributed by atoms with E-state index in [1.807, 2.05) is 12.2 Å². The van der Waals surface area contributed by atoms with Crippen molar-refractivity contribution in [3.63, 3.8) is 0 Å². The van der Waals surface area contributed by atoms with Gasteiger partial charge < -0.3 is 9.64 Å². The van der Waals surface area contributed by atoms with Crippen LogP contribution in [0.5, 0.6) is 0 Å². The first-order valence-corrected chi connectivity index (χ1v) is 4.84. The van der Waals surface area contributed by atoms with Gasteiger partial charge in [0.1, 0.15) is 0 Å². The maximum absolute atomic E-state index is 12.6. The zero-order valence-electron chi connectivity index (χ0n) is 7.95. The number of hydrogen-bond donors (Lipinski definition) is 0. The van der Waals surface area contributed by atoms with Crippen molar-refractivity contribution in [1.82, 2.24) is 4.90 Å². The second-order valence-corrected chi connectivity index (χ2v) is 3.46. The molecule has 1 amide bonds.